The number of hydrogen-bond donors (Lipinski definition) is 2. The molecule has 0 radical (unpaired) electrons. The fourth-order valence-corrected chi connectivity index (χ4v) is 5.16. The van der Waals surface area contributed by atoms with E-state index in [1.165, 1.54) is 12.1 Å². The number of rotatable bonds is 3. The lowest BCUT2D eigenvalue weighted by atomic mass is 9.62. The first-order chi connectivity index (χ1) is 14.7. The molecule has 2 aromatic carbocycles. The van der Waals surface area contributed by atoms with Gasteiger partial charge in [-0.05, 0) is 55.4 Å². The molecule has 1 spiro atoms. The Labute approximate surface area is 182 Å². The molecule has 0 saturated carbocycles. The Kier molecular flexibility index (Phi) is 5.60. The molecule has 2 heterocycles. The highest BCUT2D eigenvalue weighted by Gasteiger charge is 2.48. The quantitative estimate of drug-likeness (QED) is 0.795. The first kappa shape index (κ1) is 21.5. The molecule has 2 saturated heterocycles. The third kappa shape index (κ3) is 4.09. The van der Waals surface area contributed by atoms with Gasteiger partial charge in [-0.1, -0.05) is 42.0 Å². The number of hydrogen-bond acceptors (Lipinski definition) is 3. The van der Waals surface area contributed by atoms with Gasteiger partial charge < -0.3 is 15.3 Å². The zero-order chi connectivity index (χ0) is 22.2. The van der Waals surface area contributed by atoms with Crippen LogP contribution in [0.5, 0.6) is 0 Å². The van der Waals surface area contributed by atoms with Gasteiger partial charge in [0.2, 0.25) is 5.91 Å². The summed E-state index contributed by atoms with van der Waals surface area (Å²) in [5, 5.41) is 14.0. The van der Waals surface area contributed by atoms with E-state index in [0.717, 1.165) is 11.1 Å². The zero-order valence-corrected chi connectivity index (χ0v) is 18.0. The van der Waals surface area contributed by atoms with Crippen molar-refractivity contribution >= 4 is 11.8 Å². The lowest BCUT2D eigenvalue weighted by Gasteiger charge is -2.49. The third-order valence-corrected chi connectivity index (χ3v) is 7.07. The Morgan fingerprint density at radius 3 is 2.52 bits per heavy atom. The van der Waals surface area contributed by atoms with Crippen molar-refractivity contribution in [2.75, 3.05) is 19.6 Å². The van der Waals surface area contributed by atoms with Gasteiger partial charge >= 0.3 is 0 Å². The van der Waals surface area contributed by atoms with Gasteiger partial charge in [-0.15, -0.1) is 0 Å². The van der Waals surface area contributed by atoms with E-state index in [4.69, 9.17) is 0 Å². The van der Waals surface area contributed by atoms with Crippen LogP contribution in [0.3, 0.4) is 0 Å². The number of benzene rings is 2. The molecule has 0 aliphatic carbocycles. The summed E-state index contributed by atoms with van der Waals surface area (Å²) in [6.45, 7) is 4.94. The average Bonchev–Trinajstić information content (AvgIpc) is 2.75. The van der Waals surface area contributed by atoms with Crippen LogP contribution in [0.15, 0.2) is 48.5 Å². The van der Waals surface area contributed by atoms with E-state index in [1.54, 1.807) is 30.0 Å². The van der Waals surface area contributed by atoms with Gasteiger partial charge in [-0.25, -0.2) is 4.39 Å². The van der Waals surface area contributed by atoms with Crippen molar-refractivity contribution in [3.63, 3.8) is 0 Å². The Hall–Kier alpha value is -2.73. The lowest BCUT2D eigenvalue weighted by molar-refractivity contribution is -0.154. The molecule has 2 amide bonds. The number of halogens is 1. The minimum atomic E-state index is -1.60. The van der Waals surface area contributed by atoms with Gasteiger partial charge in [0.25, 0.3) is 5.91 Å². The summed E-state index contributed by atoms with van der Waals surface area (Å²) in [5.74, 6) is -0.506. The van der Waals surface area contributed by atoms with Crippen LogP contribution >= 0.6 is 0 Å². The highest BCUT2D eigenvalue weighted by atomic mass is 19.1. The Morgan fingerprint density at radius 2 is 1.87 bits per heavy atom. The topological polar surface area (TPSA) is 69.6 Å². The number of carbonyl (C=O) groups excluding carboxylic acids is 2. The Morgan fingerprint density at radius 1 is 1.19 bits per heavy atom. The molecule has 2 fully saturated rings. The van der Waals surface area contributed by atoms with Crippen molar-refractivity contribution in [2.45, 2.75) is 44.6 Å². The molecule has 2 aliphatic rings. The van der Waals surface area contributed by atoms with Crippen molar-refractivity contribution in [1.29, 1.82) is 0 Å². The van der Waals surface area contributed by atoms with E-state index in [9.17, 15) is 19.1 Å². The number of nitrogens with one attached hydrogen (secondary N) is 1. The fraction of sp³-hybridized carbons (Fsp3) is 0.440. The first-order valence-electron chi connectivity index (χ1n) is 10.8. The number of carbonyl (C=O) groups is 2. The maximum atomic E-state index is 13.4. The number of aryl methyl sites for hydroxylation is 1. The molecule has 31 heavy (non-hydrogen) atoms. The minimum absolute atomic E-state index is 0.0184. The predicted octanol–water partition coefficient (Wildman–Crippen LogP) is 3.25. The maximum Gasteiger partial charge on any atom is 0.258 e. The molecular formula is C25H29FN2O3. The highest BCUT2D eigenvalue weighted by Crippen LogP contribution is 2.49. The SMILES string of the molecule is Cc1cccc(C(C)(O)C(=O)N2CCC3(CC2)CC(=O)NC[C@H]3c2ccc(F)cc2)c1. The van der Waals surface area contributed by atoms with E-state index >= 15 is 0 Å². The standard InChI is InChI=1S/C25H29FN2O3/c1-17-4-3-5-19(14-17)24(2,31)23(30)28-12-10-25(11-13-28)15-22(29)27-16-21(25)18-6-8-20(26)9-7-18/h3-9,14,21,31H,10-13,15-16H2,1-2H3,(H,27,29)/t21-,24?/m0/s1. The van der Waals surface area contributed by atoms with Gasteiger partial charge in [-0.2, -0.15) is 0 Å². The van der Waals surface area contributed by atoms with Crippen LogP contribution in [0.25, 0.3) is 0 Å². The van der Waals surface area contributed by atoms with Crippen molar-refractivity contribution in [3.8, 4) is 0 Å². The van der Waals surface area contributed by atoms with Gasteiger partial charge in [0.1, 0.15) is 5.82 Å². The third-order valence-electron chi connectivity index (χ3n) is 7.07. The molecule has 1 unspecified atom stereocenters. The molecule has 5 nitrogen and oxygen atoms in total. The van der Waals surface area contributed by atoms with Crippen LogP contribution in [0.1, 0.15) is 48.8 Å². The van der Waals surface area contributed by atoms with E-state index in [1.807, 2.05) is 25.1 Å². The molecular weight excluding hydrogens is 395 g/mol. The summed E-state index contributed by atoms with van der Waals surface area (Å²) in [7, 11) is 0. The number of amides is 2. The number of piperidine rings is 2. The van der Waals surface area contributed by atoms with E-state index in [2.05, 4.69) is 5.32 Å². The van der Waals surface area contributed by atoms with Gasteiger partial charge in [0.05, 0.1) is 0 Å². The van der Waals surface area contributed by atoms with Crippen LogP contribution in [0.4, 0.5) is 4.39 Å². The fourth-order valence-electron chi connectivity index (χ4n) is 5.16. The molecule has 0 bridgehead atoms. The smallest absolute Gasteiger partial charge is 0.258 e. The minimum Gasteiger partial charge on any atom is -0.376 e. The maximum absolute atomic E-state index is 13.4. The van der Waals surface area contributed by atoms with Crippen LogP contribution in [-0.2, 0) is 15.2 Å². The molecule has 0 aromatic heterocycles. The van der Waals surface area contributed by atoms with Crippen LogP contribution in [0.2, 0.25) is 0 Å². The number of nitrogens with zero attached hydrogens (tertiary/aromatic N) is 1. The lowest BCUT2D eigenvalue weighted by Crippen LogP contribution is -2.55. The Balaban J connectivity index is 1.53. The van der Waals surface area contributed by atoms with Crippen LogP contribution in [0, 0.1) is 18.2 Å². The van der Waals surface area contributed by atoms with Gasteiger partial charge in [0, 0.05) is 32.0 Å². The van der Waals surface area contributed by atoms with Gasteiger partial charge in [0.15, 0.2) is 5.60 Å². The molecule has 6 heteroatoms. The largest absolute Gasteiger partial charge is 0.376 e. The van der Waals surface area contributed by atoms with Crippen LogP contribution in [-0.4, -0.2) is 41.5 Å². The second kappa shape index (κ2) is 8.08. The predicted molar refractivity (Wildman–Crippen MR) is 116 cm³/mol. The second-order valence-electron chi connectivity index (χ2n) is 9.18. The highest BCUT2D eigenvalue weighted by molar-refractivity contribution is 5.86. The van der Waals surface area contributed by atoms with Crippen molar-refractivity contribution < 1.29 is 19.1 Å². The summed E-state index contributed by atoms with van der Waals surface area (Å²) in [6.07, 6.45) is 1.72. The summed E-state index contributed by atoms with van der Waals surface area (Å²) in [6, 6.07) is 13.9. The average molecular weight is 425 g/mol. The van der Waals surface area contributed by atoms with E-state index in [0.29, 0.717) is 44.5 Å². The summed E-state index contributed by atoms with van der Waals surface area (Å²) in [5.41, 5.74) is 0.702. The summed E-state index contributed by atoms with van der Waals surface area (Å²) < 4.78 is 13.4. The molecule has 2 aliphatic heterocycles. The van der Waals surface area contributed by atoms with Crippen molar-refractivity contribution in [3.05, 3.63) is 71.0 Å². The summed E-state index contributed by atoms with van der Waals surface area (Å²) in [4.78, 5) is 27.2. The van der Waals surface area contributed by atoms with Crippen LogP contribution < -0.4 is 5.32 Å². The van der Waals surface area contributed by atoms with Crippen molar-refractivity contribution in [2.24, 2.45) is 5.41 Å². The number of likely N-dealkylation sites (tertiary alicyclic amines) is 1. The zero-order valence-electron chi connectivity index (χ0n) is 18.0. The molecule has 2 atom stereocenters. The molecule has 164 valence electrons. The molecule has 2 N–H and O–H groups in total. The van der Waals surface area contributed by atoms with E-state index in [-0.39, 0.29) is 29.0 Å². The Bertz CT molecular complexity index is 979. The van der Waals surface area contributed by atoms with Gasteiger partial charge in [-0.3, -0.25) is 9.59 Å². The molecule has 2 aromatic rings. The van der Waals surface area contributed by atoms with Crippen molar-refractivity contribution in [1.82, 2.24) is 10.2 Å². The number of aliphatic hydroxyl groups is 1. The molecule has 4 rings (SSSR count). The normalized spacial score (nSPS) is 22.6. The first-order valence-corrected chi connectivity index (χ1v) is 10.8. The second-order valence-corrected chi connectivity index (χ2v) is 9.18. The monoisotopic (exact) mass is 424 g/mol. The van der Waals surface area contributed by atoms with E-state index < -0.39 is 5.60 Å². The summed E-state index contributed by atoms with van der Waals surface area (Å²) >= 11 is 0.